The fourth-order valence-corrected chi connectivity index (χ4v) is 3.24. The molecule has 0 amide bonds. The van der Waals surface area contributed by atoms with Crippen molar-refractivity contribution in [1.29, 1.82) is 0 Å². The molecule has 1 fully saturated rings. The van der Waals surface area contributed by atoms with Crippen LogP contribution < -0.4 is 5.73 Å². The van der Waals surface area contributed by atoms with Gasteiger partial charge in [-0.05, 0) is 56.5 Å². The molecule has 1 saturated heterocycles. The molecule has 0 bridgehead atoms. The van der Waals surface area contributed by atoms with Crippen LogP contribution in [0, 0.1) is 6.92 Å². The molecule has 1 aromatic rings. The van der Waals surface area contributed by atoms with Crippen molar-refractivity contribution in [2.75, 3.05) is 13.1 Å². The first-order valence-electron chi connectivity index (χ1n) is 7.39. The molecule has 0 saturated carbocycles. The molecule has 19 heavy (non-hydrogen) atoms. The molecular weight excluding hydrogens is 256 g/mol. The molecule has 2 N–H and O–H groups in total. The van der Waals surface area contributed by atoms with E-state index < -0.39 is 0 Å². The fraction of sp³-hybridized carbons (Fsp3) is 0.625. The Hall–Kier alpha value is -0.570. The average molecular weight is 281 g/mol. The zero-order valence-electron chi connectivity index (χ0n) is 12.0. The minimum Gasteiger partial charge on any atom is -0.326 e. The third-order valence-corrected chi connectivity index (χ3v) is 4.49. The topological polar surface area (TPSA) is 29.3 Å². The Morgan fingerprint density at radius 1 is 1.37 bits per heavy atom. The van der Waals surface area contributed by atoms with Gasteiger partial charge < -0.3 is 5.73 Å². The Morgan fingerprint density at radius 3 is 2.84 bits per heavy atom. The van der Waals surface area contributed by atoms with Crippen LogP contribution in [0.1, 0.15) is 49.8 Å². The van der Waals surface area contributed by atoms with E-state index in [9.17, 15) is 0 Å². The lowest BCUT2D eigenvalue weighted by Gasteiger charge is -2.33. The first-order valence-corrected chi connectivity index (χ1v) is 7.77. The van der Waals surface area contributed by atoms with E-state index in [1.165, 1.54) is 24.8 Å². The van der Waals surface area contributed by atoms with Crippen molar-refractivity contribution in [1.82, 2.24) is 4.90 Å². The summed E-state index contributed by atoms with van der Waals surface area (Å²) in [7, 11) is 0. The summed E-state index contributed by atoms with van der Waals surface area (Å²) >= 11 is 6.29. The van der Waals surface area contributed by atoms with Crippen molar-refractivity contribution < 1.29 is 0 Å². The number of likely N-dealkylation sites (tertiary alicyclic amines) is 1. The minimum atomic E-state index is 0.216. The molecule has 0 aromatic heterocycles. The molecule has 2 rings (SSSR count). The number of benzene rings is 1. The second kappa shape index (κ2) is 6.74. The van der Waals surface area contributed by atoms with Crippen LogP contribution in [0.2, 0.25) is 5.02 Å². The SMILES string of the molecule is CCCN1CCCCC(N)C1c1ccc(C)c(Cl)c1. The van der Waals surface area contributed by atoms with Crippen LogP contribution in [0.15, 0.2) is 18.2 Å². The molecule has 2 nitrogen and oxygen atoms in total. The number of nitrogens with two attached hydrogens (primary N) is 1. The lowest BCUT2D eigenvalue weighted by Crippen LogP contribution is -2.40. The first-order chi connectivity index (χ1) is 9.13. The highest BCUT2D eigenvalue weighted by Gasteiger charge is 2.28. The number of nitrogens with zero attached hydrogens (tertiary/aromatic N) is 1. The van der Waals surface area contributed by atoms with E-state index >= 15 is 0 Å². The van der Waals surface area contributed by atoms with E-state index in [1.807, 2.05) is 6.92 Å². The van der Waals surface area contributed by atoms with Crippen molar-refractivity contribution in [3.8, 4) is 0 Å². The van der Waals surface area contributed by atoms with Crippen molar-refractivity contribution in [2.24, 2.45) is 5.73 Å². The van der Waals surface area contributed by atoms with Gasteiger partial charge in [0.15, 0.2) is 0 Å². The number of rotatable bonds is 3. The lowest BCUT2D eigenvalue weighted by atomic mass is 9.95. The first kappa shape index (κ1) is 14.8. The summed E-state index contributed by atoms with van der Waals surface area (Å²) in [6, 6.07) is 6.95. The van der Waals surface area contributed by atoms with Gasteiger partial charge in [0.05, 0.1) is 0 Å². The molecule has 1 heterocycles. The van der Waals surface area contributed by atoms with Crippen LogP contribution in [0.3, 0.4) is 0 Å². The zero-order chi connectivity index (χ0) is 13.8. The van der Waals surface area contributed by atoms with Crippen molar-refractivity contribution in [3.05, 3.63) is 34.3 Å². The van der Waals surface area contributed by atoms with Crippen LogP contribution in [0.5, 0.6) is 0 Å². The summed E-state index contributed by atoms with van der Waals surface area (Å²) < 4.78 is 0. The predicted molar refractivity (Wildman–Crippen MR) is 82.6 cm³/mol. The smallest absolute Gasteiger partial charge is 0.0499 e. The number of halogens is 1. The van der Waals surface area contributed by atoms with E-state index in [1.54, 1.807) is 0 Å². The van der Waals surface area contributed by atoms with E-state index in [2.05, 4.69) is 30.0 Å². The molecular formula is C16H25ClN2. The molecule has 1 aliphatic heterocycles. The Morgan fingerprint density at radius 2 is 2.16 bits per heavy atom. The largest absolute Gasteiger partial charge is 0.326 e. The van der Waals surface area contributed by atoms with Crippen molar-refractivity contribution in [2.45, 2.75) is 51.6 Å². The van der Waals surface area contributed by atoms with Gasteiger partial charge >= 0.3 is 0 Å². The molecule has 106 valence electrons. The van der Waals surface area contributed by atoms with Gasteiger partial charge in [-0.25, -0.2) is 0 Å². The molecule has 0 radical (unpaired) electrons. The minimum absolute atomic E-state index is 0.216. The quantitative estimate of drug-likeness (QED) is 0.909. The van der Waals surface area contributed by atoms with Gasteiger partial charge in [-0.1, -0.05) is 37.1 Å². The second-order valence-electron chi connectivity index (χ2n) is 5.65. The number of aryl methyl sites for hydroxylation is 1. The van der Waals surface area contributed by atoms with Gasteiger partial charge in [-0.3, -0.25) is 4.90 Å². The highest BCUT2D eigenvalue weighted by Crippen LogP contribution is 2.31. The third kappa shape index (κ3) is 3.50. The van der Waals surface area contributed by atoms with Gasteiger partial charge in [0.25, 0.3) is 0 Å². The lowest BCUT2D eigenvalue weighted by molar-refractivity contribution is 0.186. The van der Waals surface area contributed by atoms with Crippen LogP contribution in [0.25, 0.3) is 0 Å². The molecule has 2 unspecified atom stereocenters. The Balaban J connectivity index is 2.31. The molecule has 3 heteroatoms. The van der Waals surface area contributed by atoms with E-state index in [4.69, 9.17) is 17.3 Å². The summed E-state index contributed by atoms with van der Waals surface area (Å²) in [6.07, 6.45) is 4.76. The molecule has 1 aromatic carbocycles. The monoisotopic (exact) mass is 280 g/mol. The Labute approximate surface area is 121 Å². The van der Waals surface area contributed by atoms with E-state index in [-0.39, 0.29) is 6.04 Å². The number of hydrogen-bond donors (Lipinski definition) is 1. The highest BCUT2D eigenvalue weighted by atomic mass is 35.5. The zero-order valence-corrected chi connectivity index (χ0v) is 12.8. The maximum Gasteiger partial charge on any atom is 0.0499 e. The average Bonchev–Trinajstić information content (AvgIpc) is 2.56. The Kier molecular flexibility index (Phi) is 5.26. The highest BCUT2D eigenvalue weighted by molar-refractivity contribution is 6.31. The normalized spacial score (nSPS) is 25.3. The van der Waals surface area contributed by atoms with Gasteiger partial charge in [0.1, 0.15) is 0 Å². The van der Waals surface area contributed by atoms with Crippen LogP contribution in [0.4, 0.5) is 0 Å². The standard InChI is InChI=1S/C16H25ClN2/c1-3-9-19-10-5-4-6-15(18)16(19)13-8-7-12(2)14(17)11-13/h7-8,11,15-16H,3-6,9-10,18H2,1-2H3. The van der Waals surface area contributed by atoms with E-state index in [0.717, 1.165) is 30.1 Å². The van der Waals surface area contributed by atoms with Gasteiger partial charge in [0.2, 0.25) is 0 Å². The summed E-state index contributed by atoms with van der Waals surface area (Å²) in [4.78, 5) is 2.54. The molecule has 0 aliphatic carbocycles. The summed E-state index contributed by atoms with van der Waals surface area (Å²) in [6.45, 7) is 6.54. The van der Waals surface area contributed by atoms with Crippen LogP contribution in [-0.4, -0.2) is 24.0 Å². The van der Waals surface area contributed by atoms with E-state index in [0.29, 0.717) is 6.04 Å². The summed E-state index contributed by atoms with van der Waals surface area (Å²) in [5, 5.41) is 0.852. The number of hydrogen-bond acceptors (Lipinski definition) is 2. The van der Waals surface area contributed by atoms with Crippen molar-refractivity contribution in [3.63, 3.8) is 0 Å². The van der Waals surface area contributed by atoms with Gasteiger partial charge in [0, 0.05) is 17.1 Å². The maximum atomic E-state index is 6.44. The Bertz CT molecular complexity index is 419. The molecule has 0 spiro atoms. The molecule has 1 aliphatic rings. The second-order valence-corrected chi connectivity index (χ2v) is 6.06. The summed E-state index contributed by atoms with van der Waals surface area (Å²) in [5.41, 5.74) is 8.85. The van der Waals surface area contributed by atoms with Crippen LogP contribution in [-0.2, 0) is 0 Å². The van der Waals surface area contributed by atoms with Crippen molar-refractivity contribution >= 4 is 11.6 Å². The predicted octanol–water partition coefficient (Wildman–Crippen LogP) is 3.91. The maximum absolute atomic E-state index is 6.44. The fourth-order valence-electron chi connectivity index (χ4n) is 3.05. The third-order valence-electron chi connectivity index (χ3n) is 4.08. The summed E-state index contributed by atoms with van der Waals surface area (Å²) in [5.74, 6) is 0. The van der Waals surface area contributed by atoms with Gasteiger partial charge in [-0.15, -0.1) is 0 Å². The van der Waals surface area contributed by atoms with Crippen LogP contribution >= 0.6 is 11.6 Å². The van der Waals surface area contributed by atoms with Gasteiger partial charge in [-0.2, -0.15) is 0 Å². The molecule has 2 atom stereocenters.